The second-order valence-electron chi connectivity index (χ2n) is 5.06. The summed E-state index contributed by atoms with van der Waals surface area (Å²) in [4.78, 5) is 2.15. The molecular weight excluding hydrogens is 220 g/mol. The average Bonchev–Trinajstić information content (AvgIpc) is 2.24. The van der Waals surface area contributed by atoms with Gasteiger partial charge in [0.1, 0.15) is 0 Å². The molecule has 1 atom stereocenters. The van der Waals surface area contributed by atoms with Crippen LogP contribution in [0.2, 0.25) is 0 Å². The molecule has 17 heavy (non-hydrogen) atoms. The van der Waals surface area contributed by atoms with Crippen LogP contribution in [0.15, 0.2) is 0 Å². The van der Waals surface area contributed by atoms with Gasteiger partial charge in [0.05, 0.1) is 25.9 Å². The molecule has 0 aliphatic rings. The van der Waals surface area contributed by atoms with Crippen molar-refractivity contribution in [3.63, 3.8) is 0 Å². The van der Waals surface area contributed by atoms with Crippen molar-refractivity contribution in [2.75, 3.05) is 54.1 Å². The lowest BCUT2D eigenvalue weighted by atomic mass is 10.0. The van der Waals surface area contributed by atoms with E-state index >= 15 is 0 Å². The molecule has 0 amide bonds. The van der Waals surface area contributed by atoms with Gasteiger partial charge in [0, 0.05) is 25.7 Å². The number of likely N-dealkylation sites (N-methyl/N-ethyl adjacent to an activating group) is 1. The van der Waals surface area contributed by atoms with Crippen LogP contribution >= 0.6 is 0 Å². The fourth-order valence-electron chi connectivity index (χ4n) is 1.12. The van der Waals surface area contributed by atoms with Gasteiger partial charge < -0.3 is 24.8 Å². The number of aliphatic hydroxyl groups is 1. The van der Waals surface area contributed by atoms with Crippen LogP contribution in [0, 0.1) is 0 Å². The predicted molar refractivity (Wildman–Crippen MR) is 69.3 cm³/mol. The van der Waals surface area contributed by atoms with Crippen LogP contribution in [0.4, 0.5) is 0 Å². The minimum Gasteiger partial charge on any atom is -0.389 e. The van der Waals surface area contributed by atoms with Crippen molar-refractivity contribution in [3.05, 3.63) is 0 Å². The molecule has 2 N–H and O–H groups in total. The second-order valence-corrected chi connectivity index (χ2v) is 5.06. The molecule has 104 valence electrons. The molecule has 0 heterocycles. The van der Waals surface area contributed by atoms with Crippen molar-refractivity contribution >= 4 is 0 Å². The first-order valence-corrected chi connectivity index (χ1v) is 6.03. The number of aliphatic hydroxyl groups excluding tert-OH is 1. The number of methoxy groups -OCH3 is 1. The molecule has 5 nitrogen and oxygen atoms in total. The van der Waals surface area contributed by atoms with Gasteiger partial charge in [-0.05, 0) is 27.9 Å². The summed E-state index contributed by atoms with van der Waals surface area (Å²) in [6.45, 7) is 7.12. The molecule has 1 unspecified atom stereocenters. The van der Waals surface area contributed by atoms with Gasteiger partial charge >= 0.3 is 0 Å². The Hall–Kier alpha value is -0.200. The maximum absolute atomic E-state index is 9.64. The van der Waals surface area contributed by atoms with E-state index in [2.05, 4.69) is 24.1 Å². The predicted octanol–water partition coefficient (Wildman–Crippen LogP) is -0.0599. The van der Waals surface area contributed by atoms with Gasteiger partial charge in [-0.25, -0.2) is 0 Å². The van der Waals surface area contributed by atoms with Gasteiger partial charge in [0.25, 0.3) is 0 Å². The molecule has 0 aliphatic carbocycles. The highest BCUT2D eigenvalue weighted by Gasteiger charge is 2.19. The van der Waals surface area contributed by atoms with E-state index in [4.69, 9.17) is 9.47 Å². The van der Waals surface area contributed by atoms with Crippen molar-refractivity contribution in [1.82, 2.24) is 10.2 Å². The van der Waals surface area contributed by atoms with Crippen LogP contribution in [-0.2, 0) is 9.47 Å². The Morgan fingerprint density at radius 2 is 1.94 bits per heavy atom. The molecule has 0 aromatic heterocycles. The highest BCUT2D eigenvalue weighted by atomic mass is 16.5. The molecule has 0 aromatic rings. The van der Waals surface area contributed by atoms with E-state index in [0.717, 1.165) is 6.54 Å². The van der Waals surface area contributed by atoms with E-state index in [0.29, 0.717) is 26.4 Å². The third kappa shape index (κ3) is 8.51. The third-order valence-electron chi connectivity index (χ3n) is 2.89. The fourth-order valence-corrected chi connectivity index (χ4v) is 1.12. The number of hydrogen-bond donors (Lipinski definition) is 2. The SMILES string of the molecule is COCCOCC(O)CNCC(C)(C)N(C)C. The Morgan fingerprint density at radius 3 is 2.47 bits per heavy atom. The first-order chi connectivity index (χ1) is 7.90. The zero-order chi connectivity index (χ0) is 13.3. The standard InChI is InChI=1S/C12H28N2O3/c1-12(2,14(3)4)10-13-8-11(15)9-17-7-6-16-5/h11,13,15H,6-10H2,1-5H3. The summed E-state index contributed by atoms with van der Waals surface area (Å²) in [5, 5.41) is 12.9. The van der Waals surface area contributed by atoms with E-state index in [-0.39, 0.29) is 5.54 Å². The highest BCUT2D eigenvalue weighted by Crippen LogP contribution is 2.07. The summed E-state index contributed by atoms with van der Waals surface area (Å²) in [5.41, 5.74) is 0.0800. The summed E-state index contributed by atoms with van der Waals surface area (Å²) < 4.78 is 10.1. The quantitative estimate of drug-likeness (QED) is 0.531. The molecule has 0 aliphatic heterocycles. The molecule has 0 aromatic carbocycles. The van der Waals surface area contributed by atoms with E-state index in [9.17, 15) is 5.11 Å². The summed E-state index contributed by atoms with van der Waals surface area (Å²) in [6.07, 6.45) is -0.468. The van der Waals surface area contributed by atoms with Gasteiger partial charge in [0.15, 0.2) is 0 Å². The molecule has 0 saturated heterocycles. The lowest BCUT2D eigenvalue weighted by molar-refractivity contribution is 0.0128. The van der Waals surface area contributed by atoms with Crippen LogP contribution < -0.4 is 5.32 Å². The van der Waals surface area contributed by atoms with Gasteiger partial charge in [0.2, 0.25) is 0 Å². The summed E-state index contributed by atoms with van der Waals surface area (Å²) >= 11 is 0. The maximum atomic E-state index is 9.64. The van der Waals surface area contributed by atoms with Crippen LogP contribution in [0.5, 0.6) is 0 Å². The Morgan fingerprint density at radius 1 is 1.29 bits per heavy atom. The van der Waals surface area contributed by atoms with Crippen molar-refractivity contribution in [3.8, 4) is 0 Å². The first kappa shape index (κ1) is 16.8. The van der Waals surface area contributed by atoms with Crippen molar-refractivity contribution in [2.24, 2.45) is 0 Å². The first-order valence-electron chi connectivity index (χ1n) is 6.03. The van der Waals surface area contributed by atoms with Crippen LogP contribution in [0.25, 0.3) is 0 Å². The van der Waals surface area contributed by atoms with Gasteiger partial charge in [-0.2, -0.15) is 0 Å². The largest absolute Gasteiger partial charge is 0.389 e. The Labute approximate surface area is 105 Å². The summed E-state index contributed by atoms with van der Waals surface area (Å²) in [7, 11) is 5.72. The molecule has 0 radical (unpaired) electrons. The third-order valence-corrected chi connectivity index (χ3v) is 2.89. The number of rotatable bonds is 10. The Kier molecular flexibility index (Phi) is 8.72. The van der Waals surface area contributed by atoms with Crippen molar-refractivity contribution < 1.29 is 14.6 Å². The van der Waals surface area contributed by atoms with E-state index in [1.54, 1.807) is 7.11 Å². The number of ether oxygens (including phenoxy) is 2. The molecule has 0 bridgehead atoms. The zero-order valence-electron chi connectivity index (χ0n) is 11.8. The monoisotopic (exact) mass is 248 g/mol. The van der Waals surface area contributed by atoms with E-state index in [1.165, 1.54) is 0 Å². The molecule has 0 rings (SSSR count). The average molecular weight is 248 g/mol. The molecule has 5 heteroatoms. The smallest absolute Gasteiger partial charge is 0.0897 e. The summed E-state index contributed by atoms with van der Waals surface area (Å²) in [5.74, 6) is 0. The molecule has 0 spiro atoms. The number of nitrogens with one attached hydrogen (secondary N) is 1. The molecular formula is C12H28N2O3. The Balaban J connectivity index is 3.54. The Bertz CT molecular complexity index is 187. The summed E-state index contributed by atoms with van der Waals surface area (Å²) in [6, 6.07) is 0. The van der Waals surface area contributed by atoms with Gasteiger partial charge in [-0.3, -0.25) is 0 Å². The van der Waals surface area contributed by atoms with Crippen molar-refractivity contribution in [1.29, 1.82) is 0 Å². The molecule has 0 saturated carbocycles. The van der Waals surface area contributed by atoms with Crippen LogP contribution in [0.3, 0.4) is 0 Å². The van der Waals surface area contributed by atoms with Gasteiger partial charge in [-0.1, -0.05) is 0 Å². The van der Waals surface area contributed by atoms with Crippen LogP contribution in [-0.4, -0.2) is 75.8 Å². The molecule has 0 fully saturated rings. The van der Waals surface area contributed by atoms with Crippen LogP contribution in [0.1, 0.15) is 13.8 Å². The minimum atomic E-state index is -0.468. The van der Waals surface area contributed by atoms with Crippen molar-refractivity contribution in [2.45, 2.75) is 25.5 Å². The number of nitrogens with zero attached hydrogens (tertiary/aromatic N) is 1. The topological polar surface area (TPSA) is 54.0 Å². The van der Waals surface area contributed by atoms with E-state index in [1.807, 2.05) is 14.1 Å². The zero-order valence-corrected chi connectivity index (χ0v) is 11.8. The fraction of sp³-hybridized carbons (Fsp3) is 1.00. The minimum absolute atomic E-state index is 0.0800. The highest BCUT2D eigenvalue weighted by molar-refractivity contribution is 4.80. The normalized spacial score (nSPS) is 14.3. The van der Waals surface area contributed by atoms with E-state index < -0.39 is 6.10 Å². The lowest BCUT2D eigenvalue weighted by Crippen LogP contribution is -2.48. The van der Waals surface area contributed by atoms with Gasteiger partial charge in [-0.15, -0.1) is 0 Å². The second kappa shape index (κ2) is 8.83. The number of hydrogen-bond acceptors (Lipinski definition) is 5. The maximum Gasteiger partial charge on any atom is 0.0897 e. The lowest BCUT2D eigenvalue weighted by Gasteiger charge is -2.33.